The second-order valence-corrected chi connectivity index (χ2v) is 3.57. The van der Waals surface area contributed by atoms with Crippen LogP contribution in [-0.2, 0) is 0 Å². The molecule has 0 atom stereocenters. The fourth-order valence-corrected chi connectivity index (χ4v) is 2.02. The molecule has 0 radical (unpaired) electrons. The Hall–Kier alpha value is -0.840. The van der Waals surface area contributed by atoms with Crippen LogP contribution in [0.1, 0.15) is 0 Å². The fraction of sp³-hybridized carbons (Fsp3) is 0. The first-order chi connectivity index (χ1) is 5.83. The molecule has 2 heterocycles. The number of fused-ring (bicyclic) bond motifs is 1. The summed E-state index contributed by atoms with van der Waals surface area (Å²) >= 11 is 7.42. The summed E-state index contributed by atoms with van der Waals surface area (Å²) in [6.45, 7) is 0. The molecule has 0 saturated carbocycles. The number of halogens is 1. The molecule has 0 spiro atoms. The standard InChI is InChI=1S/C7H6ClN3S/c8-7-6(11-9)4-1-2-12-5(4)3-10-7/h1-3,11H,9H2. The summed E-state index contributed by atoms with van der Waals surface area (Å²) in [7, 11) is 0. The largest absolute Gasteiger partial charge is 0.321 e. The molecule has 0 amide bonds. The quantitative estimate of drug-likeness (QED) is 0.421. The summed E-state index contributed by atoms with van der Waals surface area (Å²) in [5, 5.41) is 3.40. The SMILES string of the molecule is NNc1c(Cl)ncc2sccc12. The van der Waals surface area contributed by atoms with E-state index in [4.69, 9.17) is 17.4 Å². The molecule has 3 N–H and O–H groups in total. The summed E-state index contributed by atoms with van der Waals surface area (Å²) in [5.41, 5.74) is 3.23. The fourth-order valence-electron chi connectivity index (χ4n) is 1.06. The molecule has 0 aliphatic rings. The first-order valence-electron chi connectivity index (χ1n) is 3.31. The lowest BCUT2D eigenvalue weighted by Gasteiger charge is -2.02. The van der Waals surface area contributed by atoms with Gasteiger partial charge < -0.3 is 5.43 Å². The maximum atomic E-state index is 5.81. The van der Waals surface area contributed by atoms with Crippen LogP contribution in [0.5, 0.6) is 0 Å². The van der Waals surface area contributed by atoms with Crippen molar-refractivity contribution in [3.05, 3.63) is 22.8 Å². The summed E-state index contributed by atoms with van der Waals surface area (Å²) in [5.74, 6) is 5.31. The molecule has 0 aliphatic carbocycles. The van der Waals surface area contributed by atoms with Crippen molar-refractivity contribution in [2.45, 2.75) is 0 Å². The van der Waals surface area contributed by atoms with Crippen LogP contribution in [0.25, 0.3) is 10.1 Å². The Balaban J connectivity index is 2.83. The van der Waals surface area contributed by atoms with Crippen molar-refractivity contribution in [1.29, 1.82) is 0 Å². The van der Waals surface area contributed by atoms with Gasteiger partial charge >= 0.3 is 0 Å². The highest BCUT2D eigenvalue weighted by Gasteiger charge is 2.05. The van der Waals surface area contributed by atoms with Gasteiger partial charge in [-0.1, -0.05) is 11.6 Å². The first-order valence-corrected chi connectivity index (χ1v) is 4.57. The Bertz CT molecular complexity index is 412. The van der Waals surface area contributed by atoms with Gasteiger partial charge in [0.25, 0.3) is 0 Å². The molecule has 62 valence electrons. The molecular weight excluding hydrogens is 194 g/mol. The smallest absolute Gasteiger partial charge is 0.154 e. The zero-order valence-corrected chi connectivity index (χ0v) is 7.62. The number of thiophene rings is 1. The number of nitrogens with two attached hydrogens (primary N) is 1. The van der Waals surface area contributed by atoms with E-state index in [1.54, 1.807) is 17.5 Å². The third-order valence-electron chi connectivity index (χ3n) is 1.61. The van der Waals surface area contributed by atoms with Crippen molar-refractivity contribution in [2.24, 2.45) is 5.84 Å². The van der Waals surface area contributed by atoms with Crippen molar-refractivity contribution < 1.29 is 0 Å². The number of hydrogen-bond acceptors (Lipinski definition) is 4. The Morgan fingerprint density at radius 2 is 2.42 bits per heavy atom. The highest BCUT2D eigenvalue weighted by Crippen LogP contribution is 2.31. The van der Waals surface area contributed by atoms with Crippen molar-refractivity contribution in [3.63, 3.8) is 0 Å². The van der Waals surface area contributed by atoms with Crippen LogP contribution < -0.4 is 11.3 Å². The molecule has 3 nitrogen and oxygen atoms in total. The van der Waals surface area contributed by atoms with Crippen LogP contribution >= 0.6 is 22.9 Å². The van der Waals surface area contributed by atoms with E-state index in [1.165, 1.54) is 0 Å². The molecule has 2 rings (SSSR count). The van der Waals surface area contributed by atoms with Crippen LogP contribution in [0.2, 0.25) is 5.15 Å². The Labute approximate surface area is 78.1 Å². The number of rotatable bonds is 1. The predicted molar refractivity (Wildman–Crippen MR) is 52.4 cm³/mol. The monoisotopic (exact) mass is 199 g/mol. The molecule has 0 bridgehead atoms. The van der Waals surface area contributed by atoms with Crippen molar-refractivity contribution in [1.82, 2.24) is 4.98 Å². The van der Waals surface area contributed by atoms with Crippen LogP contribution in [-0.4, -0.2) is 4.98 Å². The van der Waals surface area contributed by atoms with Gasteiger partial charge in [-0.15, -0.1) is 11.3 Å². The highest BCUT2D eigenvalue weighted by molar-refractivity contribution is 7.17. The number of aromatic nitrogens is 1. The Morgan fingerprint density at radius 3 is 3.17 bits per heavy atom. The van der Waals surface area contributed by atoms with Gasteiger partial charge in [-0.3, -0.25) is 5.84 Å². The maximum Gasteiger partial charge on any atom is 0.154 e. The first kappa shape index (κ1) is 7.79. The molecule has 2 aromatic rings. The molecular formula is C7H6ClN3S. The molecule has 0 aromatic carbocycles. The topological polar surface area (TPSA) is 50.9 Å². The number of nitrogens with zero attached hydrogens (tertiary/aromatic N) is 1. The van der Waals surface area contributed by atoms with Crippen molar-refractivity contribution >= 4 is 38.7 Å². The summed E-state index contributed by atoms with van der Waals surface area (Å²) in [4.78, 5) is 3.98. The van der Waals surface area contributed by atoms with E-state index in [9.17, 15) is 0 Å². The van der Waals surface area contributed by atoms with E-state index in [0.717, 1.165) is 10.1 Å². The molecule has 0 aliphatic heterocycles. The van der Waals surface area contributed by atoms with E-state index in [1.807, 2.05) is 11.4 Å². The minimum absolute atomic E-state index is 0.406. The van der Waals surface area contributed by atoms with Crippen LogP contribution in [0.4, 0.5) is 5.69 Å². The van der Waals surface area contributed by atoms with Gasteiger partial charge in [0.2, 0.25) is 0 Å². The third kappa shape index (κ3) is 1.04. The predicted octanol–water partition coefficient (Wildman–Crippen LogP) is 2.24. The lowest BCUT2D eigenvalue weighted by molar-refractivity contribution is 1.30. The van der Waals surface area contributed by atoms with Crippen molar-refractivity contribution in [3.8, 4) is 0 Å². The molecule has 0 saturated heterocycles. The molecule has 5 heteroatoms. The molecule has 0 unspecified atom stereocenters. The Kier molecular flexibility index (Phi) is 1.88. The van der Waals surface area contributed by atoms with E-state index in [2.05, 4.69) is 10.4 Å². The number of nitrogen functional groups attached to an aromatic ring is 1. The van der Waals surface area contributed by atoms with Crippen LogP contribution in [0.3, 0.4) is 0 Å². The second kappa shape index (κ2) is 2.90. The number of pyridine rings is 1. The van der Waals surface area contributed by atoms with Gasteiger partial charge in [0.15, 0.2) is 5.15 Å². The molecule has 12 heavy (non-hydrogen) atoms. The maximum absolute atomic E-state index is 5.81. The van der Waals surface area contributed by atoms with E-state index in [-0.39, 0.29) is 0 Å². The number of hydrogen-bond donors (Lipinski definition) is 2. The highest BCUT2D eigenvalue weighted by atomic mass is 35.5. The molecule has 0 fully saturated rings. The summed E-state index contributed by atoms with van der Waals surface area (Å²) in [6.07, 6.45) is 1.74. The van der Waals surface area contributed by atoms with Gasteiger partial charge in [0.1, 0.15) is 0 Å². The lowest BCUT2D eigenvalue weighted by atomic mass is 10.3. The average molecular weight is 200 g/mol. The van der Waals surface area contributed by atoms with Crippen LogP contribution in [0, 0.1) is 0 Å². The number of hydrazine groups is 1. The van der Waals surface area contributed by atoms with Gasteiger partial charge in [-0.2, -0.15) is 0 Å². The third-order valence-corrected chi connectivity index (χ3v) is 2.75. The van der Waals surface area contributed by atoms with Crippen LogP contribution in [0.15, 0.2) is 17.6 Å². The second-order valence-electron chi connectivity index (χ2n) is 2.27. The van der Waals surface area contributed by atoms with Gasteiger partial charge in [-0.25, -0.2) is 4.98 Å². The normalized spacial score (nSPS) is 10.5. The lowest BCUT2D eigenvalue weighted by Crippen LogP contribution is -2.07. The van der Waals surface area contributed by atoms with E-state index in [0.29, 0.717) is 10.8 Å². The van der Waals surface area contributed by atoms with Gasteiger partial charge in [0, 0.05) is 11.6 Å². The average Bonchev–Trinajstić information content (AvgIpc) is 2.52. The van der Waals surface area contributed by atoms with Crippen molar-refractivity contribution in [2.75, 3.05) is 5.43 Å². The van der Waals surface area contributed by atoms with E-state index < -0.39 is 0 Å². The van der Waals surface area contributed by atoms with E-state index >= 15 is 0 Å². The minimum atomic E-state index is 0.406. The van der Waals surface area contributed by atoms with Gasteiger partial charge in [0.05, 0.1) is 10.4 Å². The summed E-state index contributed by atoms with van der Waals surface area (Å²) < 4.78 is 1.08. The minimum Gasteiger partial charge on any atom is -0.321 e. The summed E-state index contributed by atoms with van der Waals surface area (Å²) in [6, 6.07) is 1.96. The zero-order valence-electron chi connectivity index (χ0n) is 6.04. The number of nitrogens with one attached hydrogen (secondary N) is 1. The molecule has 2 aromatic heterocycles. The van der Waals surface area contributed by atoms with Gasteiger partial charge in [-0.05, 0) is 11.4 Å². The zero-order chi connectivity index (χ0) is 8.55. The number of anilines is 1. The Morgan fingerprint density at radius 1 is 1.58 bits per heavy atom.